The normalized spacial score (nSPS) is 30.6. The van der Waals surface area contributed by atoms with Gasteiger partial charge in [0.25, 0.3) is 0 Å². The number of hydrogen-bond acceptors (Lipinski definition) is 4. The third-order valence-corrected chi connectivity index (χ3v) is 5.52. The highest BCUT2D eigenvalue weighted by Crippen LogP contribution is 2.46. The Morgan fingerprint density at radius 3 is 2.68 bits per heavy atom. The molecule has 4 rings (SSSR count). The molecule has 1 fully saturated rings. The van der Waals surface area contributed by atoms with Gasteiger partial charge in [-0.05, 0) is 37.3 Å². The van der Waals surface area contributed by atoms with Gasteiger partial charge in [0.15, 0.2) is 5.78 Å². The molecule has 0 radical (unpaired) electrons. The molecule has 3 atom stereocenters. The summed E-state index contributed by atoms with van der Waals surface area (Å²) in [5.41, 5.74) is 1.77. The fraction of sp³-hybridized carbons (Fsp3) is 0.400. The fourth-order valence-corrected chi connectivity index (χ4v) is 4.36. The van der Waals surface area contributed by atoms with Gasteiger partial charge in [-0.1, -0.05) is 12.2 Å². The molecule has 25 heavy (non-hydrogen) atoms. The molecule has 1 saturated heterocycles. The molecular formula is C20H18N4O. The first-order chi connectivity index (χ1) is 12.1. The quantitative estimate of drug-likeness (QED) is 0.616. The predicted octanol–water partition coefficient (Wildman–Crippen LogP) is 3.43. The van der Waals surface area contributed by atoms with Crippen LogP contribution in [0.1, 0.15) is 37.7 Å². The van der Waals surface area contributed by atoms with Crippen LogP contribution in [0, 0.1) is 17.9 Å². The van der Waals surface area contributed by atoms with E-state index in [4.69, 9.17) is 6.57 Å². The smallest absolute Gasteiger partial charge is 0.205 e. The van der Waals surface area contributed by atoms with Crippen LogP contribution in [0.15, 0.2) is 42.4 Å². The van der Waals surface area contributed by atoms with Crippen molar-refractivity contribution >= 4 is 11.5 Å². The van der Waals surface area contributed by atoms with Crippen LogP contribution in [-0.2, 0) is 10.2 Å². The lowest BCUT2D eigenvalue weighted by Crippen LogP contribution is -2.49. The van der Waals surface area contributed by atoms with Gasteiger partial charge in [0, 0.05) is 42.7 Å². The number of allylic oxidation sites excluding steroid dienone is 2. The third-order valence-electron chi connectivity index (χ3n) is 5.52. The van der Waals surface area contributed by atoms with Crippen LogP contribution in [0.4, 0.5) is 5.69 Å². The van der Waals surface area contributed by atoms with Crippen LogP contribution >= 0.6 is 0 Å². The van der Waals surface area contributed by atoms with Crippen LogP contribution in [0.2, 0.25) is 0 Å². The molecule has 1 aromatic heterocycles. The first-order valence-corrected chi connectivity index (χ1v) is 8.59. The number of rotatable bonds is 2. The molecule has 0 amide bonds. The summed E-state index contributed by atoms with van der Waals surface area (Å²) >= 11 is 0. The first-order valence-electron chi connectivity index (χ1n) is 8.59. The van der Waals surface area contributed by atoms with Gasteiger partial charge < -0.3 is 4.90 Å². The second-order valence-electron chi connectivity index (χ2n) is 7.03. The molecule has 2 bridgehead atoms. The number of fused-ring (bicyclic) bond motifs is 2. The van der Waals surface area contributed by atoms with Crippen molar-refractivity contribution in [3.63, 3.8) is 0 Å². The lowest BCUT2D eigenvalue weighted by atomic mass is 9.71. The summed E-state index contributed by atoms with van der Waals surface area (Å²) in [5.74, 6) is 0.201. The number of piperidine rings is 1. The Kier molecular flexibility index (Phi) is 3.66. The van der Waals surface area contributed by atoms with Crippen LogP contribution in [-0.4, -0.2) is 27.8 Å². The number of pyridine rings is 1. The standard InChI is InChI=1S/C20H18N4O/c1-22-15-7-14(11-23-12-15)20(13-21)9-17-5-6-18(10-20)24(17)16-3-2-4-19(25)8-16/h5-8,11-12,17-18H,2-4,9-10H2/t17-,18+,20?. The molecule has 3 heterocycles. The number of nitriles is 1. The maximum atomic E-state index is 11.8. The van der Waals surface area contributed by atoms with Gasteiger partial charge in [0.05, 0.1) is 18.1 Å². The molecule has 1 aliphatic carbocycles. The highest BCUT2D eigenvalue weighted by Gasteiger charge is 2.48. The topological polar surface area (TPSA) is 61.4 Å². The van der Waals surface area contributed by atoms with Crippen molar-refractivity contribution in [2.24, 2.45) is 0 Å². The van der Waals surface area contributed by atoms with Gasteiger partial charge in [0.2, 0.25) is 5.69 Å². The molecule has 3 aliphatic rings. The number of carbonyl (C=O) groups is 1. The van der Waals surface area contributed by atoms with E-state index in [0.29, 0.717) is 24.9 Å². The molecule has 0 aromatic carbocycles. The van der Waals surface area contributed by atoms with E-state index >= 15 is 0 Å². The number of aromatic nitrogens is 1. The highest BCUT2D eigenvalue weighted by atomic mass is 16.1. The monoisotopic (exact) mass is 330 g/mol. The van der Waals surface area contributed by atoms with Gasteiger partial charge in [-0.2, -0.15) is 5.26 Å². The maximum absolute atomic E-state index is 11.8. The Bertz CT molecular complexity index is 854. The van der Waals surface area contributed by atoms with Crippen molar-refractivity contribution in [1.82, 2.24) is 9.88 Å². The maximum Gasteiger partial charge on any atom is 0.205 e. The molecule has 5 heteroatoms. The Labute approximate surface area is 147 Å². The van der Waals surface area contributed by atoms with E-state index in [1.807, 2.05) is 0 Å². The molecule has 0 saturated carbocycles. The van der Waals surface area contributed by atoms with Crippen molar-refractivity contribution in [2.75, 3.05) is 0 Å². The summed E-state index contributed by atoms with van der Waals surface area (Å²) in [5, 5.41) is 9.99. The van der Waals surface area contributed by atoms with Gasteiger partial charge in [-0.25, -0.2) is 4.85 Å². The van der Waals surface area contributed by atoms with E-state index in [1.54, 1.807) is 18.3 Å². The highest BCUT2D eigenvalue weighted by molar-refractivity contribution is 5.91. The van der Waals surface area contributed by atoms with Crippen molar-refractivity contribution in [3.8, 4) is 6.07 Å². The molecule has 0 N–H and O–H groups in total. The molecular weight excluding hydrogens is 312 g/mol. The lowest BCUT2D eigenvalue weighted by Gasteiger charge is -2.46. The summed E-state index contributed by atoms with van der Waals surface area (Å²) < 4.78 is 0. The molecule has 0 spiro atoms. The van der Waals surface area contributed by atoms with E-state index in [0.717, 1.165) is 24.1 Å². The zero-order chi connectivity index (χ0) is 17.4. The van der Waals surface area contributed by atoms with Crippen LogP contribution < -0.4 is 0 Å². The van der Waals surface area contributed by atoms with Crippen molar-refractivity contribution < 1.29 is 4.79 Å². The molecule has 1 unspecified atom stereocenters. The number of carbonyl (C=O) groups excluding carboxylic acids is 1. The van der Waals surface area contributed by atoms with E-state index in [2.05, 4.69) is 33.0 Å². The second-order valence-corrected chi connectivity index (χ2v) is 7.03. The Morgan fingerprint density at radius 1 is 1.28 bits per heavy atom. The minimum absolute atomic E-state index is 0.118. The predicted molar refractivity (Wildman–Crippen MR) is 92.5 cm³/mol. The van der Waals surface area contributed by atoms with Crippen LogP contribution in [0.25, 0.3) is 4.85 Å². The van der Waals surface area contributed by atoms with Gasteiger partial charge in [-0.3, -0.25) is 9.78 Å². The zero-order valence-corrected chi connectivity index (χ0v) is 13.9. The summed E-state index contributed by atoms with van der Waals surface area (Å²) in [6, 6.07) is 4.55. The first kappa shape index (κ1) is 15.6. The summed E-state index contributed by atoms with van der Waals surface area (Å²) in [4.78, 5) is 21.7. The molecule has 2 aliphatic heterocycles. The number of nitrogens with zero attached hydrogens (tertiary/aromatic N) is 4. The summed E-state index contributed by atoms with van der Waals surface area (Å²) in [6.45, 7) is 7.19. The molecule has 124 valence electrons. The Balaban J connectivity index is 1.67. The Hall–Kier alpha value is -2.92. The van der Waals surface area contributed by atoms with E-state index in [-0.39, 0.29) is 17.9 Å². The van der Waals surface area contributed by atoms with E-state index in [9.17, 15) is 10.1 Å². The third kappa shape index (κ3) is 2.53. The summed E-state index contributed by atoms with van der Waals surface area (Å²) in [6.07, 6.45) is 13.1. The number of ketones is 1. The van der Waals surface area contributed by atoms with E-state index < -0.39 is 5.41 Å². The van der Waals surface area contributed by atoms with Crippen molar-refractivity contribution in [2.45, 2.75) is 49.6 Å². The molecule has 1 aromatic rings. The summed E-state index contributed by atoms with van der Waals surface area (Å²) in [7, 11) is 0. The van der Waals surface area contributed by atoms with Crippen LogP contribution in [0.3, 0.4) is 0 Å². The minimum atomic E-state index is -0.637. The zero-order valence-electron chi connectivity index (χ0n) is 13.9. The van der Waals surface area contributed by atoms with Gasteiger partial charge in [-0.15, -0.1) is 0 Å². The largest absolute Gasteiger partial charge is 0.362 e. The lowest BCUT2D eigenvalue weighted by molar-refractivity contribution is -0.115. The van der Waals surface area contributed by atoms with Crippen LogP contribution in [0.5, 0.6) is 0 Å². The fourth-order valence-electron chi connectivity index (χ4n) is 4.36. The SMILES string of the molecule is [C-]#[N+]c1cncc(C2(C#N)C[C@H]3C=C[C@@H](C2)N3C2=CC(=O)CCC2)c1. The van der Waals surface area contributed by atoms with Gasteiger partial charge >= 0.3 is 0 Å². The minimum Gasteiger partial charge on any atom is -0.362 e. The number of hydrogen-bond donors (Lipinski definition) is 0. The Morgan fingerprint density at radius 2 is 2.04 bits per heavy atom. The van der Waals surface area contributed by atoms with Crippen molar-refractivity contribution in [1.29, 1.82) is 5.26 Å². The average molecular weight is 330 g/mol. The van der Waals surface area contributed by atoms with Crippen molar-refractivity contribution in [3.05, 3.63) is 59.4 Å². The van der Waals surface area contributed by atoms with E-state index in [1.165, 1.54) is 6.20 Å². The second kappa shape index (κ2) is 5.86. The average Bonchev–Trinajstić information content (AvgIpc) is 2.92. The molecule has 5 nitrogen and oxygen atoms in total. The van der Waals surface area contributed by atoms with Gasteiger partial charge in [0.1, 0.15) is 0 Å².